The fraction of sp³-hybridized carbons (Fsp3) is 0.118. The molecular formula is C17H14F2N4OS3. The van der Waals surface area contributed by atoms with E-state index in [-0.39, 0.29) is 11.7 Å². The number of anilines is 1. The summed E-state index contributed by atoms with van der Waals surface area (Å²) in [4.78, 5) is 17.8. The molecule has 3 aromatic rings. The number of thiophene rings is 1. The number of carbonyl (C=O) groups excluding carboxylic acids is 1. The number of H-pyrrole nitrogens is 1. The Labute approximate surface area is 166 Å². The summed E-state index contributed by atoms with van der Waals surface area (Å²) >= 11 is 3.29. The van der Waals surface area contributed by atoms with Crippen molar-refractivity contribution in [1.29, 1.82) is 0 Å². The van der Waals surface area contributed by atoms with Gasteiger partial charge in [0.25, 0.3) is 5.76 Å². The third kappa shape index (κ3) is 6.49. The molecule has 2 N–H and O–H groups in total. The molecule has 10 heteroatoms. The Morgan fingerprint density at radius 1 is 1.26 bits per heavy atom. The highest BCUT2D eigenvalue weighted by atomic mass is 32.2. The van der Waals surface area contributed by atoms with Gasteiger partial charge >= 0.3 is 0 Å². The van der Waals surface area contributed by atoms with E-state index in [1.807, 2.05) is 29.7 Å². The fourth-order valence-corrected chi connectivity index (χ4v) is 3.71. The first kappa shape index (κ1) is 19.6. The van der Waals surface area contributed by atoms with Crippen LogP contribution in [0.2, 0.25) is 0 Å². The molecular weight excluding hydrogens is 410 g/mol. The van der Waals surface area contributed by atoms with Crippen LogP contribution in [0.3, 0.4) is 0 Å². The van der Waals surface area contributed by atoms with Crippen molar-refractivity contribution < 1.29 is 13.6 Å². The second-order valence-corrected chi connectivity index (χ2v) is 8.08. The van der Waals surface area contributed by atoms with Gasteiger partial charge in [0.2, 0.25) is 11.1 Å². The van der Waals surface area contributed by atoms with Gasteiger partial charge in [-0.05, 0) is 47.9 Å². The second-order valence-electron chi connectivity index (χ2n) is 5.09. The van der Waals surface area contributed by atoms with E-state index >= 15 is 0 Å². The Morgan fingerprint density at radius 2 is 2.07 bits per heavy atom. The molecule has 0 radical (unpaired) electrons. The summed E-state index contributed by atoms with van der Waals surface area (Å²) in [7, 11) is 0. The minimum absolute atomic E-state index is 0.138. The predicted molar refractivity (Wildman–Crippen MR) is 107 cm³/mol. The summed E-state index contributed by atoms with van der Waals surface area (Å²) in [5.74, 6) is -1.94. The number of aromatic amines is 1. The van der Waals surface area contributed by atoms with Crippen molar-refractivity contribution in [2.24, 2.45) is 0 Å². The molecule has 3 rings (SSSR count). The fourth-order valence-electron chi connectivity index (χ4n) is 1.99. The molecule has 0 saturated carbocycles. The summed E-state index contributed by atoms with van der Waals surface area (Å²) in [6, 6.07) is 10.2. The lowest BCUT2D eigenvalue weighted by Gasteiger charge is -2.05. The first-order valence-corrected chi connectivity index (χ1v) is 10.4. The Kier molecular flexibility index (Phi) is 7.02. The largest absolute Gasteiger partial charge is 0.325 e. The van der Waals surface area contributed by atoms with Gasteiger partial charge in [-0.1, -0.05) is 29.6 Å². The molecule has 0 aliphatic carbocycles. The average molecular weight is 425 g/mol. The quantitative estimate of drug-likeness (QED) is 0.494. The molecule has 5 nitrogen and oxygen atoms in total. The van der Waals surface area contributed by atoms with Gasteiger partial charge in [0, 0.05) is 15.5 Å². The highest BCUT2D eigenvalue weighted by Gasteiger charge is 2.08. The monoisotopic (exact) mass is 424 g/mol. The number of hydrogen-bond donors (Lipinski definition) is 2. The normalized spacial score (nSPS) is 11.4. The summed E-state index contributed by atoms with van der Waals surface area (Å²) in [6.07, 6.45) is 3.75. The molecule has 1 aromatic carbocycles. The molecule has 0 bridgehead atoms. The number of aromatic nitrogens is 3. The summed E-state index contributed by atoms with van der Waals surface area (Å²) in [6.45, 7) is 0. The number of amides is 1. The van der Waals surface area contributed by atoms with Crippen LogP contribution in [0.4, 0.5) is 14.5 Å². The number of hydrogen-bond acceptors (Lipinski definition) is 6. The van der Waals surface area contributed by atoms with Crippen LogP contribution < -0.4 is 5.32 Å². The van der Waals surface area contributed by atoms with Gasteiger partial charge in [-0.15, -0.1) is 16.4 Å². The maximum atomic E-state index is 12.3. The summed E-state index contributed by atoms with van der Waals surface area (Å²) < 4.78 is 24.6. The first-order valence-electron chi connectivity index (χ1n) is 7.70. The van der Waals surface area contributed by atoms with Crippen molar-refractivity contribution in [2.75, 3.05) is 11.1 Å². The van der Waals surface area contributed by atoms with E-state index in [4.69, 9.17) is 0 Å². The van der Waals surface area contributed by atoms with Gasteiger partial charge in [-0.2, -0.15) is 8.78 Å². The third-order valence-electron chi connectivity index (χ3n) is 3.13. The van der Waals surface area contributed by atoms with Crippen molar-refractivity contribution in [3.05, 3.63) is 52.5 Å². The van der Waals surface area contributed by atoms with E-state index in [0.29, 0.717) is 33.3 Å². The molecule has 0 aliphatic heterocycles. The van der Waals surface area contributed by atoms with Crippen LogP contribution >= 0.6 is 34.9 Å². The zero-order chi connectivity index (χ0) is 19.1. The van der Waals surface area contributed by atoms with Crippen LogP contribution in [-0.2, 0) is 4.79 Å². The zero-order valence-electron chi connectivity index (χ0n) is 13.8. The van der Waals surface area contributed by atoms with E-state index in [9.17, 15) is 13.6 Å². The van der Waals surface area contributed by atoms with Gasteiger partial charge < -0.3 is 5.32 Å². The summed E-state index contributed by atoms with van der Waals surface area (Å²) in [5.41, 5.74) is 0.550. The number of rotatable bonds is 8. The van der Waals surface area contributed by atoms with Crippen molar-refractivity contribution in [2.45, 2.75) is 15.8 Å². The maximum Gasteiger partial charge on any atom is 0.288 e. The lowest BCUT2D eigenvalue weighted by atomic mass is 10.3. The number of nitrogens with one attached hydrogen (secondary N) is 2. The number of alkyl halides is 2. The van der Waals surface area contributed by atoms with E-state index in [2.05, 4.69) is 20.5 Å². The highest BCUT2D eigenvalue weighted by Crippen LogP contribution is 2.26. The van der Waals surface area contributed by atoms with E-state index in [1.54, 1.807) is 35.6 Å². The standard InChI is InChI=1S/C17H14F2N4OS3/c18-16(19)27-13-5-3-11(4-6-13)20-15(24)10-26-17-21-14(22-23-17)8-7-12-2-1-9-25-12/h1-9,16H,10H2,(H,20,24)(H,21,22,23). The number of halogens is 2. The molecule has 0 aliphatic rings. The van der Waals surface area contributed by atoms with Gasteiger partial charge in [0.15, 0.2) is 0 Å². The molecule has 0 unspecified atom stereocenters. The van der Waals surface area contributed by atoms with Crippen LogP contribution in [0.5, 0.6) is 0 Å². The minimum Gasteiger partial charge on any atom is -0.325 e. The lowest BCUT2D eigenvalue weighted by molar-refractivity contribution is -0.113. The first-order chi connectivity index (χ1) is 13.1. The van der Waals surface area contributed by atoms with Gasteiger partial charge in [0.1, 0.15) is 5.82 Å². The second kappa shape index (κ2) is 9.67. The molecule has 27 heavy (non-hydrogen) atoms. The smallest absolute Gasteiger partial charge is 0.288 e. The van der Waals surface area contributed by atoms with Crippen molar-refractivity contribution in [3.63, 3.8) is 0 Å². The molecule has 140 valence electrons. The molecule has 2 aromatic heterocycles. The Morgan fingerprint density at radius 3 is 2.78 bits per heavy atom. The molecule has 0 atom stereocenters. The molecule has 0 spiro atoms. The molecule has 0 saturated heterocycles. The van der Waals surface area contributed by atoms with Crippen LogP contribution in [0.25, 0.3) is 12.2 Å². The van der Waals surface area contributed by atoms with Crippen LogP contribution in [0.1, 0.15) is 10.7 Å². The van der Waals surface area contributed by atoms with Crippen LogP contribution in [0, 0.1) is 0 Å². The Bertz CT molecular complexity index is 895. The topological polar surface area (TPSA) is 70.7 Å². The number of benzene rings is 1. The third-order valence-corrected chi connectivity index (χ3v) is 5.53. The molecule has 1 amide bonds. The molecule has 2 heterocycles. The Balaban J connectivity index is 1.46. The SMILES string of the molecule is O=C(CSc1n[nH]c(C=Cc2cccs2)n1)Nc1ccc(SC(F)F)cc1. The van der Waals surface area contributed by atoms with Crippen molar-refractivity contribution in [1.82, 2.24) is 15.2 Å². The van der Waals surface area contributed by atoms with E-state index in [1.165, 1.54) is 11.8 Å². The molecule has 0 fully saturated rings. The number of nitrogens with zero attached hydrogens (tertiary/aromatic N) is 2. The zero-order valence-corrected chi connectivity index (χ0v) is 16.2. The predicted octanol–water partition coefficient (Wildman–Crippen LogP) is 5.08. The average Bonchev–Trinajstić information content (AvgIpc) is 3.31. The van der Waals surface area contributed by atoms with Gasteiger partial charge in [-0.25, -0.2) is 4.98 Å². The van der Waals surface area contributed by atoms with Crippen molar-refractivity contribution in [3.8, 4) is 0 Å². The maximum absolute atomic E-state index is 12.3. The van der Waals surface area contributed by atoms with Crippen molar-refractivity contribution >= 4 is 58.6 Å². The minimum atomic E-state index is -2.46. The Hall–Kier alpha value is -2.17. The number of thioether (sulfide) groups is 2. The van der Waals surface area contributed by atoms with Gasteiger partial charge in [0.05, 0.1) is 5.75 Å². The van der Waals surface area contributed by atoms with E-state index < -0.39 is 5.76 Å². The van der Waals surface area contributed by atoms with Crippen LogP contribution in [0.15, 0.2) is 51.8 Å². The lowest BCUT2D eigenvalue weighted by Crippen LogP contribution is -2.14. The van der Waals surface area contributed by atoms with Gasteiger partial charge in [-0.3, -0.25) is 9.89 Å². The van der Waals surface area contributed by atoms with Crippen LogP contribution in [-0.4, -0.2) is 32.6 Å². The number of carbonyl (C=O) groups is 1. The van der Waals surface area contributed by atoms with E-state index in [0.717, 1.165) is 4.88 Å². The summed E-state index contributed by atoms with van der Waals surface area (Å²) in [5, 5.41) is 12.0. The highest BCUT2D eigenvalue weighted by molar-refractivity contribution is 8.00.